The Labute approximate surface area is 124 Å². The van der Waals surface area contributed by atoms with E-state index in [0.29, 0.717) is 30.1 Å². The topological polar surface area (TPSA) is 85.1 Å². The van der Waals surface area contributed by atoms with Crippen molar-refractivity contribution in [3.05, 3.63) is 41.5 Å². The van der Waals surface area contributed by atoms with Gasteiger partial charge in [-0.1, -0.05) is 12.1 Å². The van der Waals surface area contributed by atoms with Gasteiger partial charge in [0.25, 0.3) is 0 Å². The van der Waals surface area contributed by atoms with Crippen LogP contribution in [0, 0.1) is 0 Å². The predicted octanol–water partition coefficient (Wildman–Crippen LogP) is 2.13. The first kappa shape index (κ1) is 16.4. The Morgan fingerprint density at radius 2 is 2.05 bits per heavy atom. The van der Waals surface area contributed by atoms with Crippen LogP contribution in [0.5, 0.6) is 0 Å². The molecule has 6 nitrogen and oxygen atoms in total. The van der Waals surface area contributed by atoms with Crippen molar-refractivity contribution < 1.29 is 26.1 Å². The number of sulfonamides is 1. The summed E-state index contributed by atoms with van der Waals surface area (Å²) >= 11 is 0. The highest BCUT2D eigenvalue weighted by Crippen LogP contribution is 2.27. The lowest BCUT2D eigenvalue weighted by Gasteiger charge is -2.07. The monoisotopic (exact) mass is 335 g/mol. The number of pyridine rings is 1. The molecule has 2 heterocycles. The largest absolute Gasteiger partial charge is 0.433 e. The number of rotatable bonds is 5. The fourth-order valence-electron chi connectivity index (χ4n) is 1.56. The summed E-state index contributed by atoms with van der Waals surface area (Å²) in [5.41, 5.74) is -0.486. The Morgan fingerprint density at radius 1 is 1.32 bits per heavy atom. The van der Waals surface area contributed by atoms with Crippen LogP contribution in [0.15, 0.2) is 33.8 Å². The second-order valence-corrected chi connectivity index (χ2v) is 6.11. The van der Waals surface area contributed by atoms with Crippen LogP contribution in [0.1, 0.15) is 24.1 Å². The van der Waals surface area contributed by atoms with E-state index in [1.807, 2.05) is 6.92 Å². The molecule has 0 aliphatic rings. The molecule has 22 heavy (non-hydrogen) atoms. The number of alkyl halides is 3. The minimum atomic E-state index is -4.62. The SMILES string of the molecule is CCc1cc(CNS(=O)(=O)c2ccc(C(F)(F)F)nc2)on1. The van der Waals surface area contributed by atoms with Crippen LogP contribution in [0.25, 0.3) is 0 Å². The fraction of sp³-hybridized carbons (Fsp3) is 0.333. The van der Waals surface area contributed by atoms with Crippen molar-refractivity contribution in [2.24, 2.45) is 0 Å². The van der Waals surface area contributed by atoms with E-state index in [2.05, 4.69) is 14.9 Å². The number of aromatic nitrogens is 2. The first-order chi connectivity index (χ1) is 10.2. The van der Waals surface area contributed by atoms with Crippen LogP contribution < -0.4 is 4.72 Å². The van der Waals surface area contributed by atoms with Crippen LogP contribution in [0.4, 0.5) is 13.2 Å². The second-order valence-electron chi connectivity index (χ2n) is 4.34. The maximum Gasteiger partial charge on any atom is 0.433 e. The van der Waals surface area contributed by atoms with E-state index >= 15 is 0 Å². The van der Waals surface area contributed by atoms with E-state index in [1.54, 1.807) is 6.07 Å². The van der Waals surface area contributed by atoms with Crippen molar-refractivity contribution in [1.29, 1.82) is 0 Å². The second kappa shape index (κ2) is 6.05. The maximum absolute atomic E-state index is 12.4. The van der Waals surface area contributed by atoms with Gasteiger partial charge in [0.2, 0.25) is 10.0 Å². The minimum absolute atomic E-state index is 0.156. The van der Waals surface area contributed by atoms with Gasteiger partial charge in [-0.3, -0.25) is 4.98 Å². The van der Waals surface area contributed by atoms with Crippen molar-refractivity contribution >= 4 is 10.0 Å². The van der Waals surface area contributed by atoms with Crippen molar-refractivity contribution in [1.82, 2.24) is 14.9 Å². The van der Waals surface area contributed by atoms with Gasteiger partial charge < -0.3 is 4.52 Å². The predicted molar refractivity (Wildman–Crippen MR) is 69.1 cm³/mol. The van der Waals surface area contributed by atoms with Crippen LogP contribution >= 0.6 is 0 Å². The molecule has 0 bridgehead atoms. The highest BCUT2D eigenvalue weighted by Gasteiger charge is 2.32. The first-order valence-corrected chi connectivity index (χ1v) is 7.68. The van der Waals surface area contributed by atoms with E-state index in [-0.39, 0.29) is 11.4 Å². The zero-order valence-corrected chi connectivity index (χ0v) is 12.2. The Bertz CT molecular complexity index is 739. The molecule has 120 valence electrons. The lowest BCUT2D eigenvalue weighted by Crippen LogP contribution is -2.23. The van der Waals surface area contributed by atoms with Gasteiger partial charge in [-0.25, -0.2) is 13.1 Å². The summed E-state index contributed by atoms with van der Waals surface area (Å²) in [5, 5.41) is 3.70. The smallest absolute Gasteiger partial charge is 0.360 e. The molecule has 0 fully saturated rings. The molecule has 2 aromatic heterocycles. The Kier molecular flexibility index (Phi) is 4.52. The molecule has 0 spiro atoms. The lowest BCUT2D eigenvalue weighted by molar-refractivity contribution is -0.141. The van der Waals surface area contributed by atoms with Gasteiger partial charge in [0, 0.05) is 12.3 Å². The molecule has 0 saturated carbocycles. The number of nitrogens with zero attached hydrogens (tertiary/aromatic N) is 2. The van der Waals surface area contributed by atoms with Gasteiger partial charge in [0.15, 0.2) is 5.76 Å². The molecule has 10 heteroatoms. The van der Waals surface area contributed by atoms with E-state index in [1.165, 1.54) is 0 Å². The number of nitrogens with one attached hydrogen (secondary N) is 1. The summed E-state index contributed by atoms with van der Waals surface area (Å²) in [6.07, 6.45) is -3.33. The molecule has 0 aliphatic carbocycles. The van der Waals surface area contributed by atoms with Gasteiger partial charge in [-0.15, -0.1) is 0 Å². The highest BCUT2D eigenvalue weighted by atomic mass is 32.2. The molecular formula is C12H12F3N3O3S. The van der Waals surface area contributed by atoms with Gasteiger partial charge >= 0.3 is 6.18 Å². The molecule has 1 N–H and O–H groups in total. The average Bonchev–Trinajstić information content (AvgIpc) is 2.93. The van der Waals surface area contributed by atoms with Crippen molar-refractivity contribution in [2.75, 3.05) is 0 Å². The molecule has 0 aliphatic heterocycles. The quantitative estimate of drug-likeness (QED) is 0.905. The molecule has 2 aromatic rings. The third-order valence-corrected chi connectivity index (χ3v) is 4.13. The summed E-state index contributed by atoms with van der Waals surface area (Å²) in [5.74, 6) is 0.306. The van der Waals surface area contributed by atoms with Gasteiger partial charge in [-0.05, 0) is 18.6 Å². The highest BCUT2D eigenvalue weighted by molar-refractivity contribution is 7.89. The zero-order valence-electron chi connectivity index (χ0n) is 11.4. The van der Waals surface area contributed by atoms with E-state index < -0.39 is 21.9 Å². The van der Waals surface area contributed by atoms with Crippen molar-refractivity contribution in [2.45, 2.75) is 31.0 Å². The normalized spacial score (nSPS) is 12.5. The van der Waals surface area contributed by atoms with Gasteiger partial charge in [-0.2, -0.15) is 13.2 Å². The van der Waals surface area contributed by atoms with Crippen molar-refractivity contribution in [3.63, 3.8) is 0 Å². The first-order valence-electron chi connectivity index (χ1n) is 6.20. The molecule has 0 amide bonds. The van der Waals surface area contributed by atoms with E-state index in [4.69, 9.17) is 4.52 Å². The third-order valence-electron chi connectivity index (χ3n) is 2.74. The van der Waals surface area contributed by atoms with E-state index in [9.17, 15) is 21.6 Å². The zero-order chi connectivity index (χ0) is 16.4. The minimum Gasteiger partial charge on any atom is -0.360 e. The number of halogens is 3. The maximum atomic E-state index is 12.4. The van der Waals surface area contributed by atoms with Gasteiger partial charge in [0.1, 0.15) is 10.6 Å². The van der Waals surface area contributed by atoms with Crippen LogP contribution in [-0.2, 0) is 29.2 Å². The van der Waals surface area contributed by atoms with Crippen LogP contribution in [0.2, 0.25) is 0 Å². The number of aryl methyl sites for hydroxylation is 1. The molecule has 0 unspecified atom stereocenters. The molecule has 0 aromatic carbocycles. The average molecular weight is 335 g/mol. The summed E-state index contributed by atoms with van der Waals surface area (Å²) in [6, 6.07) is 3.04. The fourth-order valence-corrected chi connectivity index (χ4v) is 2.50. The van der Waals surface area contributed by atoms with Crippen molar-refractivity contribution in [3.8, 4) is 0 Å². The van der Waals surface area contributed by atoms with Gasteiger partial charge in [0.05, 0.1) is 12.2 Å². The summed E-state index contributed by atoms with van der Waals surface area (Å²) in [6.45, 7) is 1.70. The lowest BCUT2D eigenvalue weighted by atomic mass is 10.3. The molecule has 2 rings (SSSR count). The third kappa shape index (κ3) is 3.83. The summed E-state index contributed by atoms with van der Waals surface area (Å²) in [7, 11) is -3.99. The number of hydrogen-bond acceptors (Lipinski definition) is 5. The molecule has 0 atom stereocenters. The van der Waals surface area contributed by atoms with Crippen LogP contribution in [-0.4, -0.2) is 18.6 Å². The summed E-state index contributed by atoms with van der Waals surface area (Å²) < 4.78 is 68.1. The Balaban J connectivity index is 2.09. The number of hydrogen-bond donors (Lipinski definition) is 1. The summed E-state index contributed by atoms with van der Waals surface area (Å²) in [4.78, 5) is 2.74. The molecular weight excluding hydrogens is 323 g/mol. The van der Waals surface area contributed by atoms with E-state index in [0.717, 1.165) is 6.07 Å². The standard InChI is InChI=1S/C12H12F3N3O3S/c1-2-8-5-9(21-18-8)6-17-22(19,20)10-3-4-11(16-7-10)12(13,14)15/h3-5,7,17H,2,6H2,1H3. The Morgan fingerprint density at radius 3 is 2.55 bits per heavy atom. The Hall–Kier alpha value is -1.94. The molecule has 0 saturated heterocycles. The molecule has 0 radical (unpaired) electrons. The van der Waals surface area contributed by atoms with Crippen LogP contribution in [0.3, 0.4) is 0 Å².